The van der Waals surface area contributed by atoms with Crippen molar-refractivity contribution in [2.24, 2.45) is 0 Å². The van der Waals surface area contributed by atoms with Crippen LogP contribution < -0.4 is 4.74 Å². The fourth-order valence-corrected chi connectivity index (χ4v) is 1.35. The molecule has 0 aliphatic carbocycles. The first-order valence-corrected chi connectivity index (χ1v) is 5.31. The van der Waals surface area contributed by atoms with Gasteiger partial charge in [0.05, 0.1) is 0 Å². The molecular weight excluding hydrogens is 255 g/mol. The lowest BCUT2D eigenvalue weighted by Crippen LogP contribution is -2.17. The molecule has 0 aliphatic heterocycles. The van der Waals surface area contributed by atoms with Crippen LogP contribution in [-0.4, -0.2) is 11.3 Å². The summed E-state index contributed by atoms with van der Waals surface area (Å²) in [5, 5.41) is 0. The van der Waals surface area contributed by atoms with Gasteiger partial charge in [-0.15, -0.1) is 13.2 Å². The SMILES string of the molecule is FC(F)(F)Oc1cccc(C#Cc2cccnc2)c1. The lowest BCUT2D eigenvalue weighted by molar-refractivity contribution is -0.274. The van der Waals surface area contributed by atoms with Crippen LogP contribution in [0.1, 0.15) is 11.1 Å². The van der Waals surface area contributed by atoms with Gasteiger partial charge in [-0.05, 0) is 30.3 Å². The van der Waals surface area contributed by atoms with E-state index in [0.717, 1.165) is 0 Å². The van der Waals surface area contributed by atoms with Crippen molar-refractivity contribution in [1.82, 2.24) is 4.98 Å². The maximum absolute atomic E-state index is 12.1. The fourth-order valence-electron chi connectivity index (χ4n) is 1.35. The second-order valence-corrected chi connectivity index (χ2v) is 3.57. The number of rotatable bonds is 1. The van der Waals surface area contributed by atoms with Gasteiger partial charge in [-0.25, -0.2) is 0 Å². The number of ether oxygens (including phenoxy) is 1. The molecule has 2 aromatic rings. The second-order valence-electron chi connectivity index (χ2n) is 3.57. The van der Waals surface area contributed by atoms with Gasteiger partial charge in [0.15, 0.2) is 0 Å². The molecule has 96 valence electrons. The summed E-state index contributed by atoms with van der Waals surface area (Å²) in [7, 11) is 0. The Hall–Kier alpha value is -2.48. The number of hydrogen-bond acceptors (Lipinski definition) is 2. The Kier molecular flexibility index (Phi) is 3.71. The molecule has 2 nitrogen and oxygen atoms in total. The van der Waals surface area contributed by atoms with E-state index in [1.807, 2.05) is 0 Å². The first kappa shape index (κ1) is 13.0. The monoisotopic (exact) mass is 263 g/mol. The van der Waals surface area contributed by atoms with Crippen molar-refractivity contribution in [3.05, 3.63) is 59.9 Å². The predicted molar refractivity (Wildman–Crippen MR) is 63.3 cm³/mol. The number of aromatic nitrogens is 1. The number of nitrogens with zero attached hydrogens (tertiary/aromatic N) is 1. The summed E-state index contributed by atoms with van der Waals surface area (Å²) in [6.45, 7) is 0. The third-order valence-electron chi connectivity index (χ3n) is 2.08. The number of hydrogen-bond donors (Lipinski definition) is 0. The highest BCUT2D eigenvalue weighted by Gasteiger charge is 2.30. The van der Waals surface area contributed by atoms with Gasteiger partial charge >= 0.3 is 6.36 Å². The van der Waals surface area contributed by atoms with E-state index in [9.17, 15) is 13.2 Å². The summed E-state index contributed by atoms with van der Waals surface area (Å²) in [4.78, 5) is 3.89. The number of benzene rings is 1. The zero-order valence-corrected chi connectivity index (χ0v) is 9.61. The Morgan fingerprint density at radius 2 is 1.74 bits per heavy atom. The molecule has 1 aromatic carbocycles. The molecule has 0 amide bonds. The van der Waals surface area contributed by atoms with Crippen LogP contribution in [0.3, 0.4) is 0 Å². The minimum atomic E-state index is -4.70. The average Bonchev–Trinajstić information content (AvgIpc) is 2.36. The zero-order valence-electron chi connectivity index (χ0n) is 9.61. The largest absolute Gasteiger partial charge is 0.573 e. The predicted octanol–water partition coefficient (Wildman–Crippen LogP) is 3.38. The van der Waals surface area contributed by atoms with Gasteiger partial charge in [0.2, 0.25) is 0 Å². The van der Waals surface area contributed by atoms with Gasteiger partial charge in [-0.3, -0.25) is 4.98 Å². The van der Waals surface area contributed by atoms with Crippen molar-refractivity contribution in [3.63, 3.8) is 0 Å². The Bertz CT molecular complexity index is 612. The summed E-state index contributed by atoms with van der Waals surface area (Å²) < 4.78 is 40.0. The van der Waals surface area contributed by atoms with E-state index < -0.39 is 6.36 Å². The quantitative estimate of drug-likeness (QED) is 0.736. The summed E-state index contributed by atoms with van der Waals surface area (Å²) in [6, 6.07) is 9.00. The van der Waals surface area contributed by atoms with Crippen molar-refractivity contribution in [1.29, 1.82) is 0 Å². The Morgan fingerprint density at radius 1 is 1.00 bits per heavy atom. The molecule has 0 unspecified atom stereocenters. The van der Waals surface area contributed by atoms with Gasteiger partial charge in [-0.2, -0.15) is 0 Å². The molecule has 0 fully saturated rings. The zero-order chi connectivity index (χ0) is 13.7. The van der Waals surface area contributed by atoms with Crippen LogP contribution in [0.4, 0.5) is 13.2 Å². The van der Waals surface area contributed by atoms with Crippen LogP contribution in [0.5, 0.6) is 5.75 Å². The van der Waals surface area contributed by atoms with Gasteiger partial charge in [0, 0.05) is 23.5 Å². The van der Waals surface area contributed by atoms with E-state index >= 15 is 0 Å². The number of halogens is 3. The summed E-state index contributed by atoms with van der Waals surface area (Å²) in [5.41, 5.74) is 1.12. The van der Waals surface area contributed by atoms with Gasteiger partial charge < -0.3 is 4.74 Å². The highest BCUT2D eigenvalue weighted by atomic mass is 19.4. The molecule has 0 spiro atoms. The molecule has 0 saturated heterocycles. The molecule has 5 heteroatoms. The molecule has 0 atom stereocenters. The Morgan fingerprint density at radius 3 is 2.42 bits per heavy atom. The minimum absolute atomic E-state index is 0.287. The van der Waals surface area contributed by atoms with E-state index in [4.69, 9.17) is 0 Å². The van der Waals surface area contributed by atoms with Crippen LogP contribution in [0, 0.1) is 11.8 Å². The molecule has 1 heterocycles. The second kappa shape index (κ2) is 5.44. The van der Waals surface area contributed by atoms with E-state index in [-0.39, 0.29) is 5.75 Å². The maximum atomic E-state index is 12.1. The molecule has 2 rings (SSSR count). The van der Waals surface area contributed by atoms with Gasteiger partial charge in [0.1, 0.15) is 5.75 Å². The van der Waals surface area contributed by atoms with Crippen LogP contribution >= 0.6 is 0 Å². The van der Waals surface area contributed by atoms with Crippen molar-refractivity contribution in [2.75, 3.05) is 0 Å². The van der Waals surface area contributed by atoms with Crippen molar-refractivity contribution in [3.8, 4) is 17.6 Å². The van der Waals surface area contributed by atoms with Gasteiger partial charge in [-0.1, -0.05) is 17.9 Å². The average molecular weight is 263 g/mol. The van der Waals surface area contributed by atoms with E-state index in [2.05, 4.69) is 21.6 Å². The first-order valence-electron chi connectivity index (χ1n) is 5.31. The van der Waals surface area contributed by atoms with Crippen molar-refractivity contribution >= 4 is 0 Å². The van der Waals surface area contributed by atoms with E-state index in [1.165, 1.54) is 18.2 Å². The topological polar surface area (TPSA) is 22.1 Å². The van der Waals surface area contributed by atoms with E-state index in [1.54, 1.807) is 30.6 Å². The highest BCUT2D eigenvalue weighted by molar-refractivity contribution is 5.44. The normalized spacial score (nSPS) is 10.5. The molecule has 0 radical (unpaired) electrons. The van der Waals surface area contributed by atoms with Crippen LogP contribution in [0.15, 0.2) is 48.8 Å². The highest BCUT2D eigenvalue weighted by Crippen LogP contribution is 2.22. The summed E-state index contributed by atoms with van der Waals surface area (Å²) >= 11 is 0. The molecule has 0 N–H and O–H groups in total. The molecule has 0 saturated carbocycles. The van der Waals surface area contributed by atoms with Gasteiger partial charge in [0.25, 0.3) is 0 Å². The lowest BCUT2D eigenvalue weighted by atomic mass is 10.2. The third-order valence-corrected chi connectivity index (χ3v) is 2.08. The molecule has 1 aromatic heterocycles. The maximum Gasteiger partial charge on any atom is 0.573 e. The standard InChI is InChI=1S/C14H8F3NO/c15-14(16,17)19-13-5-1-3-11(9-13)6-7-12-4-2-8-18-10-12/h1-5,8-10H. The smallest absolute Gasteiger partial charge is 0.406 e. The number of alkyl halides is 3. The summed E-state index contributed by atoms with van der Waals surface area (Å²) in [6.07, 6.45) is -1.51. The third kappa shape index (κ3) is 4.36. The Balaban J connectivity index is 2.18. The lowest BCUT2D eigenvalue weighted by Gasteiger charge is -2.08. The molecular formula is C14H8F3NO. The Labute approximate surface area is 107 Å². The summed E-state index contributed by atoms with van der Waals surface area (Å²) in [5.74, 6) is 5.26. The fraction of sp³-hybridized carbons (Fsp3) is 0.0714. The minimum Gasteiger partial charge on any atom is -0.406 e. The van der Waals surface area contributed by atoms with E-state index in [0.29, 0.717) is 11.1 Å². The van der Waals surface area contributed by atoms with Crippen LogP contribution in [-0.2, 0) is 0 Å². The number of pyridine rings is 1. The molecule has 0 bridgehead atoms. The van der Waals surface area contributed by atoms with Crippen LogP contribution in [0.25, 0.3) is 0 Å². The van der Waals surface area contributed by atoms with Crippen molar-refractivity contribution in [2.45, 2.75) is 6.36 Å². The van der Waals surface area contributed by atoms with Crippen molar-refractivity contribution < 1.29 is 17.9 Å². The first-order chi connectivity index (χ1) is 9.03. The molecule has 19 heavy (non-hydrogen) atoms. The molecule has 0 aliphatic rings. The van der Waals surface area contributed by atoms with Crippen LogP contribution in [0.2, 0.25) is 0 Å².